The predicted molar refractivity (Wildman–Crippen MR) is 54.6 cm³/mol. The third kappa shape index (κ3) is 1.91. The highest BCUT2D eigenvalue weighted by Crippen LogP contribution is 2.20. The first-order chi connectivity index (χ1) is 6.75. The molecule has 1 aromatic heterocycles. The van der Waals surface area contributed by atoms with Crippen LogP contribution < -0.4 is 0 Å². The average Bonchev–Trinajstić information content (AvgIpc) is 2.21. The quantitative estimate of drug-likeness (QED) is 0.652. The van der Waals surface area contributed by atoms with Crippen LogP contribution in [0.2, 0.25) is 5.02 Å². The molecule has 0 amide bonds. The van der Waals surface area contributed by atoms with Crippen LogP contribution in [0, 0.1) is 5.95 Å². The molecule has 0 aliphatic carbocycles. The minimum atomic E-state index is -0.470. The molecule has 0 radical (unpaired) electrons. The van der Waals surface area contributed by atoms with E-state index < -0.39 is 5.95 Å². The summed E-state index contributed by atoms with van der Waals surface area (Å²) in [6, 6.07) is 10.4. The van der Waals surface area contributed by atoms with Crippen molar-refractivity contribution in [2.45, 2.75) is 0 Å². The fraction of sp³-hybridized carbons (Fsp3) is 0. The number of nitrogens with zero attached hydrogens (tertiary/aromatic N) is 1. The molecule has 0 saturated carbocycles. The van der Waals surface area contributed by atoms with Gasteiger partial charge in [0.05, 0.1) is 0 Å². The van der Waals surface area contributed by atoms with E-state index in [-0.39, 0.29) is 0 Å². The molecule has 1 aromatic carbocycles. The van der Waals surface area contributed by atoms with E-state index in [1.165, 1.54) is 12.3 Å². The molecule has 0 aliphatic heterocycles. The lowest BCUT2D eigenvalue weighted by molar-refractivity contribution is 0.584. The van der Waals surface area contributed by atoms with Gasteiger partial charge in [0.25, 0.3) is 0 Å². The smallest absolute Gasteiger partial charge is 0.212 e. The van der Waals surface area contributed by atoms with Crippen LogP contribution in [0.4, 0.5) is 4.39 Å². The van der Waals surface area contributed by atoms with Crippen LogP contribution >= 0.6 is 11.6 Å². The zero-order chi connectivity index (χ0) is 9.97. The Morgan fingerprint density at radius 3 is 2.14 bits per heavy atom. The molecule has 0 fully saturated rings. The first-order valence-electron chi connectivity index (χ1n) is 4.13. The Morgan fingerprint density at radius 2 is 1.57 bits per heavy atom. The zero-order valence-electron chi connectivity index (χ0n) is 7.24. The van der Waals surface area contributed by atoms with Crippen LogP contribution in [0.5, 0.6) is 0 Å². The summed E-state index contributed by atoms with van der Waals surface area (Å²) in [7, 11) is 0. The van der Waals surface area contributed by atoms with Crippen LogP contribution in [0.1, 0.15) is 0 Å². The second kappa shape index (κ2) is 3.76. The maximum Gasteiger partial charge on any atom is 0.212 e. The molecule has 0 unspecified atom stereocenters. The number of hydrogen-bond acceptors (Lipinski definition) is 1. The summed E-state index contributed by atoms with van der Waals surface area (Å²) in [5, 5.41) is 0.684. The van der Waals surface area contributed by atoms with E-state index in [2.05, 4.69) is 4.98 Å². The molecule has 1 heterocycles. The van der Waals surface area contributed by atoms with Crippen molar-refractivity contribution in [2.24, 2.45) is 0 Å². The lowest BCUT2D eigenvalue weighted by Gasteiger charge is -2.00. The van der Waals surface area contributed by atoms with Crippen LogP contribution in [0.25, 0.3) is 11.1 Å². The van der Waals surface area contributed by atoms with Crippen LogP contribution in [0.3, 0.4) is 0 Å². The normalized spacial score (nSPS) is 10.1. The molecule has 70 valence electrons. The van der Waals surface area contributed by atoms with Crippen molar-refractivity contribution in [1.82, 2.24) is 4.98 Å². The topological polar surface area (TPSA) is 12.9 Å². The van der Waals surface area contributed by atoms with Gasteiger partial charge in [-0.3, -0.25) is 0 Å². The van der Waals surface area contributed by atoms with Gasteiger partial charge in [0.1, 0.15) is 0 Å². The van der Waals surface area contributed by atoms with Crippen molar-refractivity contribution < 1.29 is 4.39 Å². The lowest BCUT2D eigenvalue weighted by Crippen LogP contribution is -1.82. The van der Waals surface area contributed by atoms with Gasteiger partial charge < -0.3 is 0 Å². The molecule has 3 heteroatoms. The summed E-state index contributed by atoms with van der Waals surface area (Å²) in [5.74, 6) is -0.470. The molecular formula is C11H7ClFN. The fourth-order valence-corrected chi connectivity index (χ4v) is 1.31. The first kappa shape index (κ1) is 9.16. The molecule has 2 rings (SSSR count). The van der Waals surface area contributed by atoms with Crippen molar-refractivity contribution in [2.75, 3.05) is 0 Å². The molecule has 0 N–H and O–H groups in total. The summed E-state index contributed by atoms with van der Waals surface area (Å²) >= 11 is 5.75. The standard InChI is InChI=1S/C11H7ClFN/c12-10-4-1-8(2-5-10)9-3-6-11(13)14-7-9/h1-7H. The molecule has 0 aliphatic rings. The van der Waals surface area contributed by atoms with Crippen molar-refractivity contribution >= 4 is 11.6 Å². The Hall–Kier alpha value is -1.41. The molecule has 0 atom stereocenters. The van der Waals surface area contributed by atoms with Gasteiger partial charge in [-0.15, -0.1) is 0 Å². The number of benzene rings is 1. The number of halogens is 2. The minimum absolute atomic E-state index is 0.470. The van der Waals surface area contributed by atoms with Crippen LogP contribution in [0.15, 0.2) is 42.6 Å². The highest BCUT2D eigenvalue weighted by atomic mass is 35.5. The highest BCUT2D eigenvalue weighted by Gasteiger charge is 1.98. The number of aromatic nitrogens is 1. The largest absolute Gasteiger partial charge is 0.228 e. The minimum Gasteiger partial charge on any atom is -0.228 e. The molecule has 0 spiro atoms. The third-order valence-corrected chi connectivity index (χ3v) is 2.16. The van der Waals surface area contributed by atoms with E-state index >= 15 is 0 Å². The Morgan fingerprint density at radius 1 is 0.929 bits per heavy atom. The monoisotopic (exact) mass is 207 g/mol. The Labute approximate surface area is 86.2 Å². The van der Waals surface area contributed by atoms with E-state index in [4.69, 9.17) is 11.6 Å². The van der Waals surface area contributed by atoms with Crippen molar-refractivity contribution in [1.29, 1.82) is 0 Å². The van der Waals surface area contributed by atoms with E-state index in [0.717, 1.165) is 11.1 Å². The van der Waals surface area contributed by atoms with Gasteiger partial charge in [0.2, 0.25) is 5.95 Å². The average molecular weight is 208 g/mol. The third-order valence-electron chi connectivity index (χ3n) is 1.90. The Bertz CT molecular complexity index is 379. The van der Waals surface area contributed by atoms with Gasteiger partial charge in [-0.25, -0.2) is 4.98 Å². The summed E-state index contributed by atoms with van der Waals surface area (Å²) in [4.78, 5) is 3.58. The molecule has 0 bridgehead atoms. The summed E-state index contributed by atoms with van der Waals surface area (Å²) in [6.45, 7) is 0. The lowest BCUT2D eigenvalue weighted by atomic mass is 10.1. The number of pyridine rings is 1. The Balaban J connectivity index is 2.40. The van der Waals surface area contributed by atoms with Crippen LogP contribution in [-0.4, -0.2) is 4.98 Å². The SMILES string of the molecule is Fc1ccc(-c2ccc(Cl)cc2)cn1. The van der Waals surface area contributed by atoms with Crippen LogP contribution in [-0.2, 0) is 0 Å². The van der Waals surface area contributed by atoms with Gasteiger partial charge in [0, 0.05) is 16.8 Å². The Kier molecular flexibility index (Phi) is 2.46. The maximum atomic E-state index is 12.5. The van der Waals surface area contributed by atoms with Gasteiger partial charge in [-0.1, -0.05) is 23.7 Å². The maximum absolute atomic E-state index is 12.5. The fourth-order valence-electron chi connectivity index (χ4n) is 1.19. The van der Waals surface area contributed by atoms with E-state index in [9.17, 15) is 4.39 Å². The van der Waals surface area contributed by atoms with Gasteiger partial charge >= 0.3 is 0 Å². The van der Waals surface area contributed by atoms with Gasteiger partial charge in [-0.05, 0) is 29.8 Å². The zero-order valence-corrected chi connectivity index (χ0v) is 8.00. The predicted octanol–water partition coefficient (Wildman–Crippen LogP) is 3.54. The second-order valence-corrected chi connectivity index (χ2v) is 3.31. The number of rotatable bonds is 1. The summed E-state index contributed by atoms with van der Waals surface area (Å²) < 4.78 is 12.5. The van der Waals surface area contributed by atoms with E-state index in [1.54, 1.807) is 18.2 Å². The molecular weight excluding hydrogens is 201 g/mol. The molecule has 2 aromatic rings. The molecule has 0 saturated heterocycles. The second-order valence-electron chi connectivity index (χ2n) is 2.88. The van der Waals surface area contributed by atoms with Gasteiger partial charge in [0.15, 0.2) is 0 Å². The van der Waals surface area contributed by atoms with Crippen molar-refractivity contribution in [3.05, 3.63) is 53.6 Å². The van der Waals surface area contributed by atoms with E-state index in [0.29, 0.717) is 5.02 Å². The van der Waals surface area contributed by atoms with Gasteiger partial charge in [-0.2, -0.15) is 4.39 Å². The van der Waals surface area contributed by atoms with Crippen molar-refractivity contribution in [3.8, 4) is 11.1 Å². The molecule has 1 nitrogen and oxygen atoms in total. The van der Waals surface area contributed by atoms with E-state index in [1.807, 2.05) is 12.1 Å². The highest BCUT2D eigenvalue weighted by molar-refractivity contribution is 6.30. The first-order valence-corrected chi connectivity index (χ1v) is 4.51. The molecule has 14 heavy (non-hydrogen) atoms. The summed E-state index contributed by atoms with van der Waals surface area (Å²) in [5.41, 5.74) is 1.85. The number of hydrogen-bond donors (Lipinski definition) is 0. The summed E-state index contributed by atoms with van der Waals surface area (Å²) in [6.07, 6.45) is 1.50. The van der Waals surface area contributed by atoms with Crippen molar-refractivity contribution in [3.63, 3.8) is 0 Å².